The van der Waals surface area contributed by atoms with Crippen molar-refractivity contribution in [3.8, 4) is 0 Å². The fourth-order valence-corrected chi connectivity index (χ4v) is 0.433. The second-order valence-corrected chi connectivity index (χ2v) is 1.83. The van der Waals surface area contributed by atoms with Crippen molar-refractivity contribution in [3.05, 3.63) is 0 Å². The summed E-state index contributed by atoms with van der Waals surface area (Å²) in [5.74, 6) is 0. The van der Waals surface area contributed by atoms with E-state index in [1.807, 2.05) is 0 Å². The van der Waals surface area contributed by atoms with Gasteiger partial charge in [-0.15, -0.1) is 0 Å². The predicted octanol–water partition coefficient (Wildman–Crippen LogP) is 0.885. The van der Waals surface area contributed by atoms with E-state index in [2.05, 4.69) is 13.8 Å². The van der Waals surface area contributed by atoms with E-state index in [-0.39, 0.29) is 0 Å². The zero-order valence-corrected chi connectivity index (χ0v) is 6.29. The molecule has 1 unspecified atom stereocenters. The van der Waals surface area contributed by atoms with Crippen molar-refractivity contribution < 1.29 is 3.76 Å². The zero-order chi connectivity index (χ0) is 4.99. The average molecular weight is 146 g/mol. The summed E-state index contributed by atoms with van der Waals surface area (Å²) >= 11 is 1.73. The van der Waals surface area contributed by atoms with Crippen LogP contribution >= 0.6 is 0 Å². The first-order valence-corrected chi connectivity index (χ1v) is 2.99. The van der Waals surface area contributed by atoms with Gasteiger partial charge in [0, 0.05) is 0 Å². The minimum atomic E-state index is 0.435. The van der Waals surface area contributed by atoms with E-state index < -0.39 is 0 Å². The molecule has 0 aromatic heterocycles. The molecule has 0 aliphatic carbocycles. The molecule has 35 valence electrons. The average Bonchev–Trinajstić information content (AvgIpc) is 1.65. The standard InChI is InChI=1S/C4H9GeO/c1-3-4(2)6-5/h4H,3H2,1-2H3. The van der Waals surface area contributed by atoms with E-state index in [1.54, 1.807) is 16.9 Å². The SMILES string of the molecule is CCC(C)[O][Ge]. The van der Waals surface area contributed by atoms with Crippen molar-refractivity contribution in [2.75, 3.05) is 0 Å². The van der Waals surface area contributed by atoms with Crippen molar-refractivity contribution in [2.45, 2.75) is 26.4 Å². The van der Waals surface area contributed by atoms with Crippen LogP contribution in [-0.4, -0.2) is 23.0 Å². The predicted molar refractivity (Wildman–Crippen MR) is 26.6 cm³/mol. The van der Waals surface area contributed by atoms with Gasteiger partial charge in [0.1, 0.15) is 0 Å². The Hall–Kier alpha value is 0.503. The summed E-state index contributed by atoms with van der Waals surface area (Å²) in [5.41, 5.74) is 0. The van der Waals surface area contributed by atoms with Gasteiger partial charge >= 0.3 is 47.0 Å². The van der Waals surface area contributed by atoms with Gasteiger partial charge in [-0.05, 0) is 0 Å². The summed E-state index contributed by atoms with van der Waals surface area (Å²) in [4.78, 5) is 0. The van der Waals surface area contributed by atoms with Gasteiger partial charge in [0.2, 0.25) is 0 Å². The van der Waals surface area contributed by atoms with E-state index in [4.69, 9.17) is 3.76 Å². The Balaban J connectivity index is 2.75. The quantitative estimate of drug-likeness (QED) is 0.525. The Morgan fingerprint density at radius 3 is 2.33 bits per heavy atom. The van der Waals surface area contributed by atoms with Crippen LogP contribution < -0.4 is 0 Å². The van der Waals surface area contributed by atoms with Gasteiger partial charge in [0.05, 0.1) is 0 Å². The molecule has 1 atom stereocenters. The fourth-order valence-electron chi connectivity index (χ4n) is 0.0833. The number of hydrogen-bond donors (Lipinski definition) is 0. The van der Waals surface area contributed by atoms with Crippen molar-refractivity contribution in [1.29, 1.82) is 0 Å². The first-order chi connectivity index (χ1) is 2.81. The first-order valence-electron chi connectivity index (χ1n) is 2.13. The van der Waals surface area contributed by atoms with Crippen LogP contribution in [-0.2, 0) is 3.76 Å². The maximum absolute atomic E-state index is 4.90. The van der Waals surface area contributed by atoms with Crippen molar-refractivity contribution in [1.82, 2.24) is 0 Å². The van der Waals surface area contributed by atoms with Crippen molar-refractivity contribution in [3.63, 3.8) is 0 Å². The normalized spacial score (nSPS) is 14.5. The van der Waals surface area contributed by atoms with Crippen LogP contribution in [0.4, 0.5) is 0 Å². The molecule has 0 bridgehead atoms. The van der Waals surface area contributed by atoms with Crippen LogP contribution in [0.15, 0.2) is 0 Å². The van der Waals surface area contributed by atoms with Crippen LogP contribution in [0.1, 0.15) is 20.3 Å². The molecule has 2 heteroatoms. The maximum atomic E-state index is 4.90. The molecule has 0 aromatic carbocycles. The van der Waals surface area contributed by atoms with Gasteiger partial charge in [-0.25, -0.2) is 0 Å². The molecule has 6 heavy (non-hydrogen) atoms. The monoisotopic (exact) mass is 147 g/mol. The summed E-state index contributed by atoms with van der Waals surface area (Å²) < 4.78 is 4.90. The third-order valence-electron chi connectivity index (χ3n) is 0.776. The molecule has 3 radical (unpaired) electrons. The van der Waals surface area contributed by atoms with Crippen LogP contribution in [0, 0.1) is 0 Å². The van der Waals surface area contributed by atoms with Gasteiger partial charge in [-0.1, -0.05) is 0 Å². The summed E-state index contributed by atoms with van der Waals surface area (Å²) in [6.07, 6.45) is 1.54. The topological polar surface area (TPSA) is 9.23 Å². The van der Waals surface area contributed by atoms with Gasteiger partial charge in [-0.3, -0.25) is 0 Å². The molecule has 0 rings (SSSR count). The second kappa shape index (κ2) is 3.68. The molecular weight excluding hydrogens is 137 g/mol. The Morgan fingerprint density at radius 1 is 1.83 bits per heavy atom. The summed E-state index contributed by atoms with van der Waals surface area (Å²) in [7, 11) is 0. The number of hydrogen-bond acceptors (Lipinski definition) is 1. The summed E-state index contributed by atoms with van der Waals surface area (Å²) in [6.45, 7) is 4.16. The van der Waals surface area contributed by atoms with Gasteiger partial charge < -0.3 is 0 Å². The Labute approximate surface area is 47.6 Å². The Kier molecular flexibility index (Phi) is 3.99. The summed E-state index contributed by atoms with van der Waals surface area (Å²) in [6, 6.07) is 0. The molecule has 0 heterocycles. The van der Waals surface area contributed by atoms with E-state index in [0.717, 1.165) is 6.42 Å². The first kappa shape index (κ1) is 6.50. The summed E-state index contributed by atoms with van der Waals surface area (Å²) in [5, 5.41) is 0. The van der Waals surface area contributed by atoms with Gasteiger partial charge in [0.25, 0.3) is 0 Å². The second-order valence-electron chi connectivity index (χ2n) is 1.34. The van der Waals surface area contributed by atoms with E-state index in [1.165, 1.54) is 0 Å². The number of rotatable bonds is 2. The minimum absolute atomic E-state index is 0.435. The molecule has 0 saturated heterocycles. The Morgan fingerprint density at radius 2 is 2.33 bits per heavy atom. The molecule has 0 spiro atoms. The van der Waals surface area contributed by atoms with E-state index in [0.29, 0.717) is 6.10 Å². The molecule has 0 N–H and O–H groups in total. The van der Waals surface area contributed by atoms with Crippen LogP contribution in [0.25, 0.3) is 0 Å². The Bertz CT molecular complexity index is 26.7. The molecule has 0 fully saturated rings. The van der Waals surface area contributed by atoms with Crippen molar-refractivity contribution in [2.24, 2.45) is 0 Å². The molecular formula is C4H9GeO. The van der Waals surface area contributed by atoms with Gasteiger partial charge in [0.15, 0.2) is 0 Å². The zero-order valence-electron chi connectivity index (χ0n) is 4.19. The van der Waals surface area contributed by atoms with E-state index >= 15 is 0 Å². The molecule has 1 nitrogen and oxygen atoms in total. The molecule has 0 aliphatic rings. The van der Waals surface area contributed by atoms with Crippen LogP contribution in [0.2, 0.25) is 0 Å². The third kappa shape index (κ3) is 2.72. The fraction of sp³-hybridized carbons (Fsp3) is 1.00. The van der Waals surface area contributed by atoms with Crippen molar-refractivity contribution >= 4 is 16.9 Å². The van der Waals surface area contributed by atoms with Gasteiger partial charge in [-0.2, -0.15) is 0 Å². The van der Waals surface area contributed by atoms with E-state index in [9.17, 15) is 0 Å². The molecule has 0 saturated carbocycles. The van der Waals surface area contributed by atoms with Crippen LogP contribution in [0.3, 0.4) is 0 Å². The molecule has 0 amide bonds. The van der Waals surface area contributed by atoms with Crippen LogP contribution in [0.5, 0.6) is 0 Å². The third-order valence-corrected chi connectivity index (χ3v) is 1.62. The molecule has 0 aromatic rings. The molecule has 0 aliphatic heterocycles.